The number of nitrogens with two attached hydrogens (primary N) is 1. The zero-order chi connectivity index (χ0) is 11.8. The molecule has 0 saturated heterocycles. The van der Waals surface area contributed by atoms with E-state index >= 15 is 0 Å². The molecular formula is C15H25N. The number of hydrogen-bond acceptors (Lipinski definition) is 1. The zero-order valence-corrected chi connectivity index (χ0v) is 10.7. The third-order valence-electron chi connectivity index (χ3n) is 3.12. The van der Waals surface area contributed by atoms with Crippen LogP contribution in [0.4, 0.5) is 5.69 Å². The van der Waals surface area contributed by atoms with Gasteiger partial charge in [-0.25, -0.2) is 0 Å². The highest BCUT2D eigenvalue weighted by Gasteiger charge is 2.00. The van der Waals surface area contributed by atoms with Crippen LogP contribution in [-0.4, -0.2) is 0 Å². The molecular weight excluding hydrogens is 194 g/mol. The summed E-state index contributed by atoms with van der Waals surface area (Å²) in [4.78, 5) is 0. The molecule has 90 valence electrons. The molecule has 0 unspecified atom stereocenters. The predicted molar refractivity (Wildman–Crippen MR) is 72.6 cm³/mol. The van der Waals surface area contributed by atoms with Gasteiger partial charge in [0.2, 0.25) is 0 Å². The van der Waals surface area contributed by atoms with Crippen LogP contribution in [0.1, 0.15) is 63.9 Å². The van der Waals surface area contributed by atoms with E-state index in [2.05, 4.69) is 19.9 Å². The van der Waals surface area contributed by atoms with E-state index in [9.17, 15) is 0 Å². The van der Waals surface area contributed by atoms with Crippen molar-refractivity contribution in [1.82, 2.24) is 0 Å². The van der Waals surface area contributed by atoms with Gasteiger partial charge in [0.15, 0.2) is 0 Å². The number of para-hydroxylation sites is 1. The molecule has 1 saturated carbocycles. The van der Waals surface area contributed by atoms with Gasteiger partial charge in [0.05, 0.1) is 0 Å². The molecule has 0 aliphatic heterocycles. The second kappa shape index (κ2) is 7.32. The number of nitrogen functional groups attached to an aromatic ring is 1. The minimum absolute atomic E-state index is 0.529. The summed E-state index contributed by atoms with van der Waals surface area (Å²) in [6.07, 6.45) is 9.00. The maximum Gasteiger partial charge on any atom is 0.0349 e. The minimum atomic E-state index is 0.529. The first kappa shape index (κ1) is 13.1. The van der Waals surface area contributed by atoms with Crippen molar-refractivity contribution in [3.63, 3.8) is 0 Å². The van der Waals surface area contributed by atoms with Crippen LogP contribution in [0.2, 0.25) is 0 Å². The third kappa shape index (κ3) is 4.69. The predicted octanol–water partition coefficient (Wildman–Crippen LogP) is 4.73. The van der Waals surface area contributed by atoms with E-state index in [0.717, 1.165) is 5.69 Å². The van der Waals surface area contributed by atoms with E-state index in [1.807, 2.05) is 18.2 Å². The summed E-state index contributed by atoms with van der Waals surface area (Å²) in [6.45, 7) is 4.29. The van der Waals surface area contributed by atoms with E-state index in [-0.39, 0.29) is 0 Å². The summed E-state index contributed by atoms with van der Waals surface area (Å²) in [6, 6.07) is 7.99. The Morgan fingerprint density at radius 2 is 1.31 bits per heavy atom. The Morgan fingerprint density at radius 1 is 0.875 bits per heavy atom. The van der Waals surface area contributed by atoms with Crippen LogP contribution < -0.4 is 5.73 Å². The van der Waals surface area contributed by atoms with Gasteiger partial charge >= 0.3 is 0 Å². The number of benzene rings is 1. The van der Waals surface area contributed by atoms with Gasteiger partial charge in [0.25, 0.3) is 0 Å². The average Bonchev–Trinajstić information content (AvgIpc) is 2.32. The highest BCUT2D eigenvalue weighted by molar-refractivity contribution is 5.47. The molecule has 1 aliphatic rings. The number of rotatable bonds is 1. The summed E-state index contributed by atoms with van der Waals surface area (Å²) in [5.74, 6) is 0.529. The van der Waals surface area contributed by atoms with Gasteiger partial charge in [0, 0.05) is 5.69 Å². The molecule has 2 N–H and O–H groups in total. The molecule has 0 atom stereocenters. The fourth-order valence-electron chi connectivity index (χ4n) is 2.10. The maximum atomic E-state index is 5.72. The van der Waals surface area contributed by atoms with Crippen molar-refractivity contribution in [3.8, 4) is 0 Å². The molecule has 0 aromatic heterocycles. The number of hydrogen-bond donors (Lipinski definition) is 1. The molecule has 0 bridgehead atoms. The van der Waals surface area contributed by atoms with E-state index < -0.39 is 0 Å². The minimum Gasteiger partial charge on any atom is -0.398 e. The van der Waals surface area contributed by atoms with Gasteiger partial charge in [0.1, 0.15) is 0 Å². The van der Waals surface area contributed by atoms with Crippen molar-refractivity contribution in [2.45, 2.75) is 58.3 Å². The monoisotopic (exact) mass is 219 g/mol. The van der Waals surface area contributed by atoms with Crippen molar-refractivity contribution >= 4 is 5.69 Å². The van der Waals surface area contributed by atoms with Crippen molar-refractivity contribution in [2.75, 3.05) is 5.73 Å². The largest absolute Gasteiger partial charge is 0.398 e. The average molecular weight is 219 g/mol. The lowest BCUT2D eigenvalue weighted by Gasteiger charge is -2.07. The topological polar surface area (TPSA) is 26.0 Å². The smallest absolute Gasteiger partial charge is 0.0349 e. The Bertz CT molecular complexity index is 276. The lowest BCUT2D eigenvalue weighted by atomic mass is 10.0. The van der Waals surface area contributed by atoms with Crippen molar-refractivity contribution < 1.29 is 0 Å². The molecule has 1 fully saturated rings. The van der Waals surface area contributed by atoms with Gasteiger partial charge < -0.3 is 5.73 Å². The number of anilines is 1. The Morgan fingerprint density at radius 3 is 1.62 bits per heavy atom. The van der Waals surface area contributed by atoms with Crippen LogP contribution in [0.25, 0.3) is 0 Å². The maximum absolute atomic E-state index is 5.72. The van der Waals surface area contributed by atoms with Crippen LogP contribution in [0, 0.1) is 0 Å². The first-order chi connectivity index (χ1) is 7.72. The lowest BCUT2D eigenvalue weighted by molar-refractivity contribution is 0.504. The van der Waals surface area contributed by atoms with Crippen molar-refractivity contribution in [1.29, 1.82) is 0 Å². The molecule has 1 aromatic carbocycles. The highest BCUT2D eigenvalue weighted by Crippen LogP contribution is 2.20. The summed E-state index contributed by atoms with van der Waals surface area (Å²) in [7, 11) is 0. The van der Waals surface area contributed by atoms with Crippen LogP contribution in [-0.2, 0) is 0 Å². The molecule has 0 amide bonds. The van der Waals surface area contributed by atoms with Gasteiger partial charge in [-0.05, 0) is 17.5 Å². The molecule has 1 aromatic rings. The normalized spacial score (nSPS) is 15.4. The van der Waals surface area contributed by atoms with E-state index in [1.165, 1.54) is 44.1 Å². The quantitative estimate of drug-likeness (QED) is 0.679. The Balaban J connectivity index is 0.000000181. The van der Waals surface area contributed by atoms with Gasteiger partial charge in [-0.1, -0.05) is 70.6 Å². The first-order valence-electron chi connectivity index (χ1n) is 6.56. The fourth-order valence-corrected chi connectivity index (χ4v) is 2.10. The van der Waals surface area contributed by atoms with E-state index in [4.69, 9.17) is 5.73 Å². The SMILES string of the molecule is C1CCCCC1.CC(C)c1ccccc1N. The molecule has 0 spiro atoms. The lowest BCUT2D eigenvalue weighted by Crippen LogP contribution is -1.94. The summed E-state index contributed by atoms with van der Waals surface area (Å²) in [5.41, 5.74) is 7.86. The Kier molecular flexibility index (Phi) is 5.99. The van der Waals surface area contributed by atoms with Crippen LogP contribution in [0.15, 0.2) is 24.3 Å². The third-order valence-corrected chi connectivity index (χ3v) is 3.12. The van der Waals surface area contributed by atoms with E-state index in [0.29, 0.717) is 5.92 Å². The second-order valence-electron chi connectivity index (χ2n) is 4.90. The Labute approximate surface area is 100 Å². The molecule has 0 radical (unpaired) electrons. The second-order valence-corrected chi connectivity index (χ2v) is 4.90. The molecule has 1 heteroatoms. The van der Waals surface area contributed by atoms with Crippen LogP contribution in [0.5, 0.6) is 0 Å². The van der Waals surface area contributed by atoms with Crippen molar-refractivity contribution in [3.05, 3.63) is 29.8 Å². The molecule has 1 nitrogen and oxygen atoms in total. The molecule has 0 heterocycles. The fraction of sp³-hybridized carbons (Fsp3) is 0.600. The van der Waals surface area contributed by atoms with Gasteiger partial charge in [-0.3, -0.25) is 0 Å². The standard InChI is InChI=1S/C9H13N.C6H12/c1-7(2)8-5-3-4-6-9(8)10;1-2-4-6-5-3-1/h3-7H,10H2,1-2H3;1-6H2. The van der Waals surface area contributed by atoms with Crippen LogP contribution >= 0.6 is 0 Å². The molecule has 16 heavy (non-hydrogen) atoms. The molecule has 1 aliphatic carbocycles. The van der Waals surface area contributed by atoms with Crippen molar-refractivity contribution in [2.24, 2.45) is 0 Å². The summed E-state index contributed by atoms with van der Waals surface area (Å²) < 4.78 is 0. The van der Waals surface area contributed by atoms with E-state index in [1.54, 1.807) is 0 Å². The summed E-state index contributed by atoms with van der Waals surface area (Å²) >= 11 is 0. The van der Waals surface area contributed by atoms with Gasteiger partial charge in [-0.15, -0.1) is 0 Å². The van der Waals surface area contributed by atoms with Gasteiger partial charge in [-0.2, -0.15) is 0 Å². The zero-order valence-electron chi connectivity index (χ0n) is 10.7. The van der Waals surface area contributed by atoms with Crippen LogP contribution in [0.3, 0.4) is 0 Å². The molecule has 2 rings (SSSR count). The first-order valence-corrected chi connectivity index (χ1v) is 6.56. The summed E-state index contributed by atoms with van der Waals surface area (Å²) in [5, 5.41) is 0. The Hall–Kier alpha value is -0.980. The highest BCUT2D eigenvalue weighted by atomic mass is 14.6.